The molecule has 0 bridgehead atoms. The number of nitrogen functional groups attached to an aromatic ring is 1. The van der Waals surface area contributed by atoms with E-state index in [9.17, 15) is 22.4 Å². The fourth-order valence-corrected chi connectivity index (χ4v) is 2.18. The molecule has 0 heterocycles. The average molecular weight is 362 g/mol. The Morgan fingerprint density at radius 3 is 2.38 bits per heavy atom. The molecule has 0 saturated heterocycles. The van der Waals surface area contributed by atoms with E-state index in [4.69, 9.17) is 5.73 Å². The second-order valence-electron chi connectivity index (χ2n) is 4.26. The number of carbonyl (C=O) groups excluding carboxylic acids is 1. The van der Waals surface area contributed by atoms with Crippen LogP contribution in [0.25, 0.3) is 0 Å². The molecule has 0 amide bonds. The number of halogens is 5. The number of hydrogen-bond acceptors (Lipinski definition) is 2. The van der Waals surface area contributed by atoms with Gasteiger partial charge in [-0.05, 0) is 36.4 Å². The molecule has 0 saturated carbocycles. The van der Waals surface area contributed by atoms with Crippen molar-refractivity contribution >= 4 is 27.4 Å². The number of carbonyl (C=O) groups is 1. The molecule has 2 N–H and O–H groups in total. The molecule has 0 spiro atoms. The summed E-state index contributed by atoms with van der Waals surface area (Å²) in [6.07, 6.45) is -4.87. The molecule has 0 unspecified atom stereocenters. The van der Waals surface area contributed by atoms with Crippen molar-refractivity contribution in [3.63, 3.8) is 0 Å². The van der Waals surface area contributed by atoms with Crippen LogP contribution in [0.3, 0.4) is 0 Å². The molecular weight excluding hydrogens is 354 g/mol. The van der Waals surface area contributed by atoms with E-state index in [0.717, 1.165) is 6.07 Å². The van der Waals surface area contributed by atoms with Gasteiger partial charge in [0.05, 0.1) is 5.56 Å². The van der Waals surface area contributed by atoms with Crippen LogP contribution >= 0.6 is 15.9 Å². The van der Waals surface area contributed by atoms with Crippen molar-refractivity contribution in [2.75, 3.05) is 5.73 Å². The second kappa shape index (κ2) is 5.48. The topological polar surface area (TPSA) is 43.1 Å². The summed E-state index contributed by atoms with van der Waals surface area (Å²) in [5.41, 5.74) is 4.20. The molecular formula is C14H8BrF4NO. The predicted molar refractivity (Wildman–Crippen MR) is 73.4 cm³/mol. The summed E-state index contributed by atoms with van der Waals surface area (Å²) in [6.45, 7) is 0. The van der Waals surface area contributed by atoms with Gasteiger partial charge in [-0.3, -0.25) is 4.79 Å². The van der Waals surface area contributed by atoms with Crippen LogP contribution in [0.1, 0.15) is 21.5 Å². The van der Waals surface area contributed by atoms with E-state index < -0.39 is 23.3 Å². The SMILES string of the molecule is Nc1ccc(Br)c(C(=O)c2ccc(F)c(C(F)(F)F)c2)c1. The Labute approximate surface area is 125 Å². The number of rotatable bonds is 2. The highest BCUT2D eigenvalue weighted by Gasteiger charge is 2.34. The highest BCUT2D eigenvalue weighted by Crippen LogP contribution is 2.33. The molecule has 0 radical (unpaired) electrons. The fourth-order valence-electron chi connectivity index (χ4n) is 1.76. The normalized spacial score (nSPS) is 11.5. The Bertz CT molecular complexity index is 713. The molecule has 0 fully saturated rings. The van der Waals surface area contributed by atoms with Gasteiger partial charge >= 0.3 is 6.18 Å². The van der Waals surface area contributed by atoms with Crippen LogP contribution in [0.4, 0.5) is 23.2 Å². The minimum absolute atomic E-state index is 0.106. The summed E-state index contributed by atoms with van der Waals surface area (Å²) in [5, 5.41) is 0. The quantitative estimate of drug-likeness (QED) is 0.488. The van der Waals surface area contributed by atoms with Gasteiger partial charge in [-0.1, -0.05) is 15.9 Å². The van der Waals surface area contributed by atoms with Crippen LogP contribution in [-0.4, -0.2) is 5.78 Å². The van der Waals surface area contributed by atoms with Crippen molar-refractivity contribution in [2.45, 2.75) is 6.18 Å². The van der Waals surface area contributed by atoms with E-state index in [2.05, 4.69) is 15.9 Å². The molecule has 2 aromatic rings. The highest BCUT2D eigenvalue weighted by molar-refractivity contribution is 9.10. The van der Waals surface area contributed by atoms with Crippen LogP contribution in [0, 0.1) is 5.82 Å². The van der Waals surface area contributed by atoms with Gasteiger partial charge in [0, 0.05) is 21.3 Å². The van der Waals surface area contributed by atoms with Gasteiger partial charge in [0.2, 0.25) is 0 Å². The first-order valence-corrected chi connectivity index (χ1v) is 6.46. The van der Waals surface area contributed by atoms with E-state index in [1.807, 2.05) is 0 Å². The number of anilines is 1. The van der Waals surface area contributed by atoms with E-state index in [-0.39, 0.29) is 11.1 Å². The van der Waals surface area contributed by atoms with Crippen LogP contribution < -0.4 is 5.73 Å². The summed E-state index contributed by atoms with van der Waals surface area (Å²) in [5.74, 6) is -2.11. The van der Waals surface area contributed by atoms with E-state index in [1.165, 1.54) is 18.2 Å². The predicted octanol–water partition coefficient (Wildman–Crippen LogP) is 4.42. The van der Waals surface area contributed by atoms with E-state index in [0.29, 0.717) is 22.3 Å². The van der Waals surface area contributed by atoms with Crippen molar-refractivity contribution in [3.8, 4) is 0 Å². The second-order valence-corrected chi connectivity index (χ2v) is 5.12. The van der Waals surface area contributed by atoms with Crippen molar-refractivity contribution in [1.29, 1.82) is 0 Å². The number of benzene rings is 2. The summed E-state index contributed by atoms with van der Waals surface area (Å²) in [7, 11) is 0. The molecule has 7 heteroatoms. The Kier molecular flexibility index (Phi) is 4.04. The lowest BCUT2D eigenvalue weighted by atomic mass is 10.0. The number of ketones is 1. The minimum atomic E-state index is -4.87. The summed E-state index contributed by atoms with van der Waals surface area (Å²) >= 11 is 3.13. The largest absolute Gasteiger partial charge is 0.419 e. The van der Waals surface area contributed by atoms with Crippen LogP contribution in [0.2, 0.25) is 0 Å². The fraction of sp³-hybridized carbons (Fsp3) is 0.0714. The van der Waals surface area contributed by atoms with Gasteiger partial charge in [-0.25, -0.2) is 4.39 Å². The molecule has 0 aliphatic rings. The number of nitrogens with two attached hydrogens (primary N) is 1. The first-order chi connectivity index (χ1) is 9.70. The maximum atomic E-state index is 13.2. The standard InChI is InChI=1S/C14H8BrF4NO/c15-11-3-2-8(20)6-9(11)13(21)7-1-4-12(16)10(5-7)14(17,18)19/h1-6H,20H2. The molecule has 0 aliphatic heterocycles. The third-order valence-corrected chi connectivity index (χ3v) is 3.46. The van der Waals surface area contributed by atoms with Crippen molar-refractivity contribution in [2.24, 2.45) is 0 Å². The molecule has 21 heavy (non-hydrogen) atoms. The zero-order chi connectivity index (χ0) is 15.8. The monoisotopic (exact) mass is 361 g/mol. The number of hydrogen-bond donors (Lipinski definition) is 1. The van der Waals surface area contributed by atoms with Crippen LogP contribution in [0.5, 0.6) is 0 Å². The maximum absolute atomic E-state index is 13.2. The lowest BCUT2D eigenvalue weighted by molar-refractivity contribution is -0.140. The zero-order valence-electron chi connectivity index (χ0n) is 10.3. The minimum Gasteiger partial charge on any atom is -0.399 e. The Hall–Kier alpha value is -1.89. The molecule has 110 valence electrons. The van der Waals surface area contributed by atoms with Gasteiger partial charge in [0.1, 0.15) is 5.82 Å². The van der Waals surface area contributed by atoms with Gasteiger partial charge in [0.15, 0.2) is 5.78 Å². The molecule has 2 rings (SSSR count). The van der Waals surface area contributed by atoms with Gasteiger partial charge in [0.25, 0.3) is 0 Å². The highest BCUT2D eigenvalue weighted by atomic mass is 79.9. The lowest BCUT2D eigenvalue weighted by Gasteiger charge is -2.10. The molecule has 2 aromatic carbocycles. The number of alkyl halides is 3. The average Bonchev–Trinajstić information content (AvgIpc) is 2.40. The third kappa shape index (κ3) is 3.24. The summed E-state index contributed by atoms with van der Waals surface area (Å²) < 4.78 is 51.6. The Morgan fingerprint density at radius 2 is 1.76 bits per heavy atom. The van der Waals surface area contributed by atoms with Gasteiger partial charge in [-0.2, -0.15) is 13.2 Å². The third-order valence-electron chi connectivity index (χ3n) is 2.77. The van der Waals surface area contributed by atoms with Gasteiger partial charge < -0.3 is 5.73 Å². The zero-order valence-corrected chi connectivity index (χ0v) is 11.9. The van der Waals surface area contributed by atoms with Crippen LogP contribution in [0.15, 0.2) is 40.9 Å². The van der Waals surface area contributed by atoms with Gasteiger partial charge in [-0.15, -0.1) is 0 Å². The van der Waals surface area contributed by atoms with Crippen molar-refractivity contribution < 1.29 is 22.4 Å². The molecule has 0 atom stereocenters. The summed E-state index contributed by atoms with van der Waals surface area (Å²) in [4.78, 5) is 12.2. The van der Waals surface area contributed by atoms with Crippen LogP contribution in [-0.2, 0) is 6.18 Å². The first kappa shape index (κ1) is 15.5. The maximum Gasteiger partial charge on any atom is 0.419 e. The van der Waals surface area contributed by atoms with E-state index in [1.54, 1.807) is 0 Å². The van der Waals surface area contributed by atoms with Crippen molar-refractivity contribution in [3.05, 3.63) is 63.4 Å². The summed E-state index contributed by atoms with van der Waals surface area (Å²) in [6, 6.07) is 6.50. The molecule has 0 aliphatic carbocycles. The first-order valence-electron chi connectivity index (χ1n) is 5.66. The smallest absolute Gasteiger partial charge is 0.399 e. The lowest BCUT2D eigenvalue weighted by Crippen LogP contribution is -2.11. The Balaban J connectivity index is 2.52. The molecule has 2 nitrogen and oxygen atoms in total. The Morgan fingerprint density at radius 1 is 1.10 bits per heavy atom. The van der Waals surface area contributed by atoms with E-state index >= 15 is 0 Å². The van der Waals surface area contributed by atoms with Crippen molar-refractivity contribution in [1.82, 2.24) is 0 Å². The molecule has 0 aromatic heterocycles.